The molecule has 2 N–H and O–H groups in total. The molecule has 0 spiro atoms. The SMILES string of the molecule is CCOc1cc([C@H]2NC(=O)NC(C)=C2C(=O)OC)cc(Cl)c1OCc1ccccc1. The maximum absolute atomic E-state index is 12.3. The van der Waals surface area contributed by atoms with Crippen LogP contribution in [-0.2, 0) is 16.1 Å². The van der Waals surface area contributed by atoms with Gasteiger partial charge in [-0.15, -0.1) is 0 Å². The number of hydrogen-bond donors (Lipinski definition) is 2. The summed E-state index contributed by atoms with van der Waals surface area (Å²) >= 11 is 6.52. The molecule has 0 saturated carbocycles. The molecule has 1 atom stereocenters. The summed E-state index contributed by atoms with van der Waals surface area (Å²) in [6, 6.07) is 11.9. The summed E-state index contributed by atoms with van der Waals surface area (Å²) in [6.45, 7) is 4.19. The van der Waals surface area contributed by atoms with Crippen LogP contribution >= 0.6 is 11.6 Å². The van der Waals surface area contributed by atoms with Gasteiger partial charge >= 0.3 is 12.0 Å². The van der Waals surface area contributed by atoms with Crippen LogP contribution in [0.3, 0.4) is 0 Å². The fourth-order valence-electron chi connectivity index (χ4n) is 3.21. The van der Waals surface area contributed by atoms with Crippen LogP contribution < -0.4 is 20.1 Å². The van der Waals surface area contributed by atoms with E-state index in [0.29, 0.717) is 41.0 Å². The molecule has 1 aliphatic heterocycles. The van der Waals surface area contributed by atoms with Crippen molar-refractivity contribution in [3.63, 3.8) is 0 Å². The van der Waals surface area contributed by atoms with Gasteiger partial charge in [-0.25, -0.2) is 9.59 Å². The van der Waals surface area contributed by atoms with Gasteiger partial charge in [-0.3, -0.25) is 0 Å². The average Bonchev–Trinajstić information content (AvgIpc) is 2.73. The number of methoxy groups -OCH3 is 1. The number of benzene rings is 2. The predicted octanol–water partition coefficient (Wildman–Crippen LogP) is 4.12. The van der Waals surface area contributed by atoms with Gasteiger partial charge in [0.15, 0.2) is 11.5 Å². The normalized spacial score (nSPS) is 15.9. The highest BCUT2D eigenvalue weighted by molar-refractivity contribution is 6.32. The summed E-state index contributed by atoms with van der Waals surface area (Å²) in [6.07, 6.45) is 0. The summed E-state index contributed by atoms with van der Waals surface area (Å²) < 4.78 is 16.6. The minimum absolute atomic E-state index is 0.286. The first-order valence-electron chi connectivity index (χ1n) is 9.44. The van der Waals surface area contributed by atoms with Crippen molar-refractivity contribution in [1.29, 1.82) is 0 Å². The second-order valence-corrected chi connectivity index (χ2v) is 7.01. The molecule has 0 bridgehead atoms. The monoisotopic (exact) mass is 430 g/mol. The number of carbonyl (C=O) groups is 2. The van der Waals surface area contributed by atoms with Crippen LogP contribution in [0.5, 0.6) is 11.5 Å². The van der Waals surface area contributed by atoms with E-state index in [4.69, 9.17) is 25.8 Å². The topological polar surface area (TPSA) is 85.9 Å². The van der Waals surface area contributed by atoms with Crippen LogP contribution in [-0.4, -0.2) is 25.7 Å². The number of allylic oxidation sites excluding steroid dienone is 1. The van der Waals surface area contributed by atoms with Gasteiger partial charge in [0, 0.05) is 5.70 Å². The molecule has 1 heterocycles. The summed E-state index contributed by atoms with van der Waals surface area (Å²) in [5.74, 6) is 0.265. The van der Waals surface area contributed by atoms with Gasteiger partial charge in [0.05, 0.1) is 30.4 Å². The third kappa shape index (κ3) is 4.68. The Bertz CT molecular complexity index is 975. The van der Waals surface area contributed by atoms with Gasteiger partial charge < -0.3 is 24.8 Å². The van der Waals surface area contributed by atoms with Crippen LogP contribution in [0.15, 0.2) is 53.7 Å². The Morgan fingerprint density at radius 2 is 1.90 bits per heavy atom. The molecule has 2 aromatic rings. The van der Waals surface area contributed by atoms with E-state index in [9.17, 15) is 9.59 Å². The van der Waals surface area contributed by atoms with E-state index in [1.165, 1.54) is 7.11 Å². The number of carbonyl (C=O) groups excluding carboxylic acids is 2. The molecule has 8 heteroatoms. The van der Waals surface area contributed by atoms with Crippen molar-refractivity contribution >= 4 is 23.6 Å². The predicted molar refractivity (Wildman–Crippen MR) is 113 cm³/mol. The average molecular weight is 431 g/mol. The molecule has 0 saturated heterocycles. The summed E-state index contributed by atoms with van der Waals surface area (Å²) in [5, 5.41) is 5.63. The van der Waals surface area contributed by atoms with Gasteiger partial charge in [0.1, 0.15) is 6.61 Å². The Balaban J connectivity index is 1.98. The molecule has 7 nitrogen and oxygen atoms in total. The lowest BCUT2D eigenvalue weighted by Gasteiger charge is -2.28. The minimum Gasteiger partial charge on any atom is -0.490 e. The first-order chi connectivity index (χ1) is 14.4. The Kier molecular flexibility index (Phi) is 6.84. The van der Waals surface area contributed by atoms with Crippen LogP contribution in [0.1, 0.15) is 31.0 Å². The highest BCUT2D eigenvalue weighted by Gasteiger charge is 2.33. The van der Waals surface area contributed by atoms with Crippen molar-refractivity contribution in [2.24, 2.45) is 0 Å². The highest BCUT2D eigenvalue weighted by atomic mass is 35.5. The van der Waals surface area contributed by atoms with E-state index in [1.807, 2.05) is 37.3 Å². The van der Waals surface area contributed by atoms with Gasteiger partial charge in [-0.1, -0.05) is 41.9 Å². The van der Waals surface area contributed by atoms with Gasteiger partial charge in [-0.2, -0.15) is 0 Å². The second-order valence-electron chi connectivity index (χ2n) is 6.60. The van der Waals surface area contributed by atoms with Crippen LogP contribution in [0.4, 0.5) is 4.79 Å². The maximum Gasteiger partial charge on any atom is 0.337 e. The summed E-state index contributed by atoms with van der Waals surface area (Å²) in [5.41, 5.74) is 2.25. The van der Waals surface area contributed by atoms with Crippen molar-refractivity contribution in [1.82, 2.24) is 10.6 Å². The van der Waals surface area contributed by atoms with Crippen molar-refractivity contribution in [3.05, 3.63) is 69.9 Å². The standard InChI is InChI=1S/C22H23ClN2O5/c1-4-29-17-11-15(19-18(21(26)28-3)13(2)24-22(27)25-19)10-16(23)20(17)30-12-14-8-6-5-7-9-14/h5-11,19H,4,12H2,1-3H3,(H2,24,25,27)/t19-/m1/s1. The molecule has 1 aliphatic rings. The molecular formula is C22H23ClN2O5. The minimum atomic E-state index is -0.744. The number of hydrogen-bond acceptors (Lipinski definition) is 5. The van der Waals surface area contributed by atoms with Crippen molar-refractivity contribution in [2.75, 3.05) is 13.7 Å². The molecule has 0 aliphatic carbocycles. The van der Waals surface area contributed by atoms with E-state index >= 15 is 0 Å². The van der Waals surface area contributed by atoms with E-state index in [1.54, 1.807) is 19.1 Å². The van der Waals surface area contributed by atoms with E-state index in [-0.39, 0.29) is 5.57 Å². The lowest BCUT2D eigenvalue weighted by molar-refractivity contribution is -0.136. The zero-order chi connectivity index (χ0) is 21.7. The lowest BCUT2D eigenvalue weighted by Crippen LogP contribution is -2.45. The quantitative estimate of drug-likeness (QED) is 0.645. The molecule has 30 heavy (non-hydrogen) atoms. The third-order valence-corrected chi connectivity index (χ3v) is 4.85. The van der Waals surface area contributed by atoms with E-state index in [0.717, 1.165) is 5.56 Å². The molecule has 3 rings (SSSR count). The van der Waals surface area contributed by atoms with E-state index < -0.39 is 18.0 Å². The third-order valence-electron chi connectivity index (χ3n) is 4.57. The zero-order valence-corrected chi connectivity index (χ0v) is 17.7. The number of urea groups is 1. The number of nitrogens with one attached hydrogen (secondary N) is 2. The molecular weight excluding hydrogens is 408 g/mol. The van der Waals surface area contributed by atoms with Gasteiger partial charge in [-0.05, 0) is 37.1 Å². The smallest absolute Gasteiger partial charge is 0.337 e. The molecule has 158 valence electrons. The molecule has 2 aromatic carbocycles. The number of esters is 1. The van der Waals surface area contributed by atoms with Crippen molar-refractivity contribution < 1.29 is 23.8 Å². The number of ether oxygens (including phenoxy) is 3. The summed E-state index contributed by atoms with van der Waals surface area (Å²) in [4.78, 5) is 24.4. The number of rotatable bonds is 7. The maximum atomic E-state index is 12.3. The van der Waals surface area contributed by atoms with E-state index in [2.05, 4.69) is 10.6 Å². The van der Waals surface area contributed by atoms with Crippen LogP contribution in [0, 0.1) is 0 Å². The molecule has 0 radical (unpaired) electrons. The first kappa shape index (κ1) is 21.5. The number of halogens is 1. The molecule has 0 unspecified atom stereocenters. The zero-order valence-electron chi connectivity index (χ0n) is 17.0. The highest BCUT2D eigenvalue weighted by Crippen LogP contribution is 2.40. The molecule has 0 fully saturated rings. The number of amides is 2. The fourth-order valence-corrected chi connectivity index (χ4v) is 3.49. The fraction of sp³-hybridized carbons (Fsp3) is 0.273. The van der Waals surface area contributed by atoms with Gasteiger partial charge in [0.25, 0.3) is 0 Å². The molecule has 0 aromatic heterocycles. The second kappa shape index (κ2) is 9.54. The Morgan fingerprint density at radius 3 is 2.57 bits per heavy atom. The van der Waals surface area contributed by atoms with Gasteiger partial charge in [0.2, 0.25) is 0 Å². The Hall–Kier alpha value is -3.19. The Morgan fingerprint density at radius 1 is 1.17 bits per heavy atom. The Labute approximate surface area is 180 Å². The lowest BCUT2D eigenvalue weighted by atomic mass is 9.95. The largest absolute Gasteiger partial charge is 0.490 e. The summed E-state index contributed by atoms with van der Waals surface area (Å²) in [7, 11) is 1.29. The first-order valence-corrected chi connectivity index (χ1v) is 9.82. The van der Waals surface area contributed by atoms with Crippen molar-refractivity contribution in [2.45, 2.75) is 26.5 Å². The van der Waals surface area contributed by atoms with Crippen LogP contribution in [0.25, 0.3) is 0 Å². The molecule has 2 amide bonds. The van der Waals surface area contributed by atoms with Crippen LogP contribution in [0.2, 0.25) is 5.02 Å². The van der Waals surface area contributed by atoms with Crippen molar-refractivity contribution in [3.8, 4) is 11.5 Å².